The zero-order valence-electron chi connectivity index (χ0n) is 15.8. The Morgan fingerprint density at radius 3 is 2.89 bits per heavy atom. The molecule has 27 heavy (non-hydrogen) atoms. The predicted molar refractivity (Wildman–Crippen MR) is 102 cm³/mol. The van der Waals surface area contributed by atoms with Crippen molar-refractivity contribution < 1.29 is 9.59 Å². The first-order valence-electron chi connectivity index (χ1n) is 9.61. The molecule has 7 nitrogen and oxygen atoms in total. The van der Waals surface area contributed by atoms with Gasteiger partial charge in [0, 0.05) is 38.0 Å². The Labute approximate surface area is 157 Å². The summed E-state index contributed by atoms with van der Waals surface area (Å²) in [6, 6.07) is 2.01. The Morgan fingerprint density at radius 1 is 1.26 bits per heavy atom. The van der Waals surface area contributed by atoms with Crippen LogP contribution in [-0.4, -0.2) is 49.0 Å². The maximum Gasteiger partial charge on any atom is 0.222 e. The molecule has 1 aliphatic rings. The molecule has 1 saturated heterocycles. The van der Waals surface area contributed by atoms with Crippen LogP contribution in [0.4, 0.5) is 0 Å². The van der Waals surface area contributed by atoms with Crippen LogP contribution >= 0.6 is 0 Å². The highest BCUT2D eigenvalue weighted by Crippen LogP contribution is 2.33. The molecule has 3 aromatic rings. The lowest BCUT2D eigenvalue weighted by atomic mass is 9.86. The number of piperidine rings is 1. The number of carbonyl (C=O) groups excluding carboxylic acids is 2. The summed E-state index contributed by atoms with van der Waals surface area (Å²) in [5, 5.41) is 0. The molecule has 4 heterocycles. The third-order valence-corrected chi connectivity index (χ3v) is 5.65. The molecular formula is C20H25N5O2. The first-order chi connectivity index (χ1) is 13.0. The van der Waals surface area contributed by atoms with Gasteiger partial charge in [-0.2, -0.15) is 0 Å². The fourth-order valence-electron chi connectivity index (χ4n) is 4.04. The summed E-state index contributed by atoms with van der Waals surface area (Å²) < 4.78 is 2.16. The van der Waals surface area contributed by atoms with Crippen LogP contribution < -0.4 is 0 Å². The van der Waals surface area contributed by atoms with Gasteiger partial charge in [0.15, 0.2) is 5.65 Å². The van der Waals surface area contributed by atoms with E-state index >= 15 is 0 Å². The minimum atomic E-state index is 0.140. The van der Waals surface area contributed by atoms with Gasteiger partial charge in [-0.1, -0.05) is 6.92 Å². The van der Waals surface area contributed by atoms with E-state index in [0.29, 0.717) is 31.7 Å². The summed E-state index contributed by atoms with van der Waals surface area (Å²) >= 11 is 0. The van der Waals surface area contributed by atoms with Crippen molar-refractivity contribution in [3.63, 3.8) is 0 Å². The van der Waals surface area contributed by atoms with Gasteiger partial charge in [0.05, 0.1) is 23.4 Å². The highest BCUT2D eigenvalue weighted by Gasteiger charge is 2.32. The maximum atomic E-state index is 12.6. The third kappa shape index (κ3) is 3.34. The summed E-state index contributed by atoms with van der Waals surface area (Å²) in [7, 11) is 0. The number of Topliss-reactive ketones (excluding diaryl/α,β-unsaturated/α-hetero) is 1. The quantitative estimate of drug-likeness (QED) is 0.751. The van der Waals surface area contributed by atoms with Crippen LogP contribution in [0.15, 0.2) is 24.7 Å². The van der Waals surface area contributed by atoms with Crippen molar-refractivity contribution in [3.05, 3.63) is 30.5 Å². The molecular weight excluding hydrogens is 342 g/mol. The Morgan fingerprint density at radius 2 is 2.07 bits per heavy atom. The van der Waals surface area contributed by atoms with Crippen molar-refractivity contribution in [2.24, 2.45) is 5.92 Å². The fraction of sp³-hybridized carbons (Fsp3) is 0.500. The average Bonchev–Trinajstić information content (AvgIpc) is 3.27. The van der Waals surface area contributed by atoms with Crippen LogP contribution in [-0.2, 0) is 9.59 Å². The molecule has 0 bridgehead atoms. The number of likely N-dealkylation sites (tertiary alicyclic amines) is 1. The van der Waals surface area contributed by atoms with Crippen LogP contribution in [0.2, 0.25) is 0 Å². The van der Waals surface area contributed by atoms with Gasteiger partial charge in [-0.3, -0.25) is 9.20 Å². The standard InChI is InChI=1S/C20H25N5O2/c1-13-7-9-24(18(27)5-3-4-14(2)26)12-16(13)20-23-11-15-10-22-19-17(25(15)20)6-8-21-19/h6,8,10-11,13,16,21H,3-5,7,9,12H2,1-2H3/t13-,16+/m1/s1. The second-order valence-corrected chi connectivity index (χ2v) is 7.61. The number of ketones is 1. The highest BCUT2D eigenvalue weighted by molar-refractivity contribution is 5.79. The smallest absolute Gasteiger partial charge is 0.222 e. The first-order valence-corrected chi connectivity index (χ1v) is 9.61. The molecule has 2 atom stereocenters. The van der Waals surface area contributed by atoms with Gasteiger partial charge in [-0.15, -0.1) is 0 Å². The van der Waals surface area contributed by atoms with Gasteiger partial charge in [0.25, 0.3) is 0 Å². The lowest BCUT2D eigenvalue weighted by Crippen LogP contribution is -2.42. The second-order valence-electron chi connectivity index (χ2n) is 7.61. The van der Waals surface area contributed by atoms with Crippen LogP contribution in [0.5, 0.6) is 0 Å². The Balaban J connectivity index is 1.59. The number of nitrogens with zero attached hydrogens (tertiary/aromatic N) is 4. The van der Waals surface area contributed by atoms with Crippen molar-refractivity contribution >= 4 is 28.4 Å². The second kappa shape index (κ2) is 7.13. The lowest BCUT2D eigenvalue weighted by molar-refractivity contribution is -0.133. The van der Waals surface area contributed by atoms with Crippen LogP contribution in [0.3, 0.4) is 0 Å². The number of H-pyrrole nitrogens is 1. The van der Waals surface area contributed by atoms with Gasteiger partial charge in [0.1, 0.15) is 11.6 Å². The van der Waals surface area contributed by atoms with Crippen molar-refractivity contribution in [2.75, 3.05) is 13.1 Å². The number of nitrogens with one attached hydrogen (secondary N) is 1. The monoisotopic (exact) mass is 367 g/mol. The summed E-state index contributed by atoms with van der Waals surface area (Å²) in [6.07, 6.45) is 8.07. The Kier molecular flexibility index (Phi) is 4.68. The predicted octanol–water partition coefficient (Wildman–Crippen LogP) is 2.92. The largest absolute Gasteiger partial charge is 0.345 e. The first kappa shape index (κ1) is 17.7. The van der Waals surface area contributed by atoms with E-state index in [9.17, 15) is 9.59 Å². The Hall–Kier alpha value is -2.70. The van der Waals surface area contributed by atoms with Gasteiger partial charge in [-0.25, -0.2) is 9.97 Å². The van der Waals surface area contributed by atoms with Crippen molar-refractivity contribution in [2.45, 2.75) is 45.4 Å². The molecule has 1 fully saturated rings. The number of aromatic amines is 1. The van der Waals surface area contributed by atoms with Gasteiger partial charge < -0.3 is 14.7 Å². The minimum absolute atomic E-state index is 0.140. The molecule has 0 aromatic carbocycles. The van der Waals surface area contributed by atoms with E-state index in [1.54, 1.807) is 6.92 Å². The summed E-state index contributed by atoms with van der Waals surface area (Å²) in [5.74, 6) is 1.90. The number of hydrogen-bond donors (Lipinski definition) is 1. The van der Waals surface area contributed by atoms with Crippen LogP contribution in [0, 0.1) is 5.92 Å². The molecule has 7 heteroatoms. The number of imidazole rings is 1. The van der Waals surface area contributed by atoms with E-state index < -0.39 is 0 Å². The molecule has 142 valence electrons. The van der Waals surface area contributed by atoms with E-state index in [1.165, 1.54) is 0 Å². The van der Waals surface area contributed by atoms with Crippen LogP contribution in [0.25, 0.3) is 16.7 Å². The molecule has 1 N–H and O–H groups in total. The molecule has 1 aliphatic heterocycles. The third-order valence-electron chi connectivity index (χ3n) is 5.65. The van der Waals surface area contributed by atoms with E-state index in [1.807, 2.05) is 29.6 Å². The zero-order chi connectivity index (χ0) is 19.0. The summed E-state index contributed by atoms with van der Waals surface area (Å²) in [6.45, 7) is 5.26. The molecule has 0 spiro atoms. The molecule has 0 saturated carbocycles. The highest BCUT2D eigenvalue weighted by atomic mass is 16.2. The molecule has 0 radical (unpaired) electrons. The van der Waals surface area contributed by atoms with E-state index in [4.69, 9.17) is 4.98 Å². The summed E-state index contributed by atoms with van der Waals surface area (Å²) in [5.41, 5.74) is 2.81. The normalized spacial score (nSPS) is 20.4. The van der Waals surface area contributed by atoms with E-state index in [-0.39, 0.29) is 17.6 Å². The van der Waals surface area contributed by atoms with Gasteiger partial charge in [-0.05, 0) is 31.7 Å². The number of hydrogen-bond acceptors (Lipinski definition) is 4. The minimum Gasteiger partial charge on any atom is -0.345 e. The number of amides is 1. The number of rotatable bonds is 5. The van der Waals surface area contributed by atoms with Crippen LogP contribution in [0.1, 0.15) is 51.3 Å². The lowest BCUT2D eigenvalue weighted by Gasteiger charge is -2.36. The number of aromatic nitrogens is 4. The molecule has 4 rings (SSSR count). The van der Waals surface area contributed by atoms with Gasteiger partial charge in [0.2, 0.25) is 5.91 Å². The number of carbonyl (C=O) groups is 2. The Bertz CT molecular complexity index is 989. The van der Waals surface area contributed by atoms with Crippen molar-refractivity contribution in [3.8, 4) is 0 Å². The topological polar surface area (TPSA) is 83.4 Å². The number of fused-ring (bicyclic) bond motifs is 3. The van der Waals surface area contributed by atoms with Gasteiger partial charge >= 0.3 is 0 Å². The molecule has 0 unspecified atom stereocenters. The molecule has 3 aromatic heterocycles. The van der Waals surface area contributed by atoms with Crippen molar-refractivity contribution in [1.82, 2.24) is 24.3 Å². The molecule has 1 amide bonds. The fourth-order valence-corrected chi connectivity index (χ4v) is 4.04. The van der Waals surface area contributed by atoms with E-state index in [0.717, 1.165) is 35.5 Å². The zero-order valence-corrected chi connectivity index (χ0v) is 15.8. The summed E-state index contributed by atoms with van der Waals surface area (Å²) in [4.78, 5) is 38.0. The van der Waals surface area contributed by atoms with E-state index in [2.05, 4.69) is 21.3 Å². The van der Waals surface area contributed by atoms with Crippen molar-refractivity contribution in [1.29, 1.82) is 0 Å². The maximum absolute atomic E-state index is 12.6. The molecule has 0 aliphatic carbocycles. The average molecular weight is 367 g/mol. The SMILES string of the molecule is CC(=O)CCCC(=O)N1CC[C@@H](C)[C@@H](c2ncc3cnc4[nH]ccc4n23)C1.